The van der Waals surface area contributed by atoms with Crippen LogP contribution >= 0.6 is 12.2 Å². The smallest absolute Gasteiger partial charge is 0.317 e. The standard InChI is InChI=1S/C7H15N3OS/c1-4-5(6(8)12)9-7(11)10(2)3/h5H,4H2,1-3H3,(H2,8,12)(H,9,11). The molecule has 3 N–H and O–H groups in total. The van der Waals surface area contributed by atoms with Gasteiger partial charge in [0, 0.05) is 14.1 Å². The van der Waals surface area contributed by atoms with E-state index in [1.807, 2.05) is 6.92 Å². The second kappa shape index (κ2) is 4.92. The first-order valence-electron chi connectivity index (χ1n) is 3.76. The number of hydrogen-bond donors (Lipinski definition) is 2. The van der Waals surface area contributed by atoms with Gasteiger partial charge in [0.15, 0.2) is 0 Å². The fourth-order valence-electron chi connectivity index (χ4n) is 0.653. The monoisotopic (exact) mass is 189 g/mol. The van der Waals surface area contributed by atoms with Crippen molar-refractivity contribution >= 4 is 23.2 Å². The van der Waals surface area contributed by atoms with Gasteiger partial charge in [-0.3, -0.25) is 0 Å². The van der Waals surface area contributed by atoms with Crippen LogP contribution in [0.3, 0.4) is 0 Å². The third kappa shape index (κ3) is 3.52. The van der Waals surface area contributed by atoms with E-state index in [2.05, 4.69) is 5.32 Å². The topological polar surface area (TPSA) is 58.4 Å². The molecular formula is C7H15N3OS. The molecule has 12 heavy (non-hydrogen) atoms. The van der Waals surface area contributed by atoms with E-state index < -0.39 is 0 Å². The van der Waals surface area contributed by atoms with Crippen molar-refractivity contribution in [1.82, 2.24) is 10.2 Å². The minimum Gasteiger partial charge on any atom is -0.392 e. The number of carbonyl (C=O) groups is 1. The molecule has 4 nitrogen and oxygen atoms in total. The summed E-state index contributed by atoms with van der Waals surface area (Å²) in [4.78, 5) is 12.9. The number of thiocarbonyl (C=S) groups is 1. The van der Waals surface area contributed by atoms with Gasteiger partial charge in [0.05, 0.1) is 11.0 Å². The number of carbonyl (C=O) groups excluding carboxylic acids is 1. The number of rotatable bonds is 3. The van der Waals surface area contributed by atoms with E-state index in [9.17, 15) is 4.79 Å². The van der Waals surface area contributed by atoms with Crippen molar-refractivity contribution < 1.29 is 4.79 Å². The van der Waals surface area contributed by atoms with Gasteiger partial charge in [-0.25, -0.2) is 4.79 Å². The van der Waals surface area contributed by atoms with Crippen LogP contribution in [0.25, 0.3) is 0 Å². The molecule has 0 saturated carbocycles. The van der Waals surface area contributed by atoms with Crippen molar-refractivity contribution in [1.29, 1.82) is 0 Å². The van der Waals surface area contributed by atoms with Crippen LogP contribution in [0, 0.1) is 0 Å². The summed E-state index contributed by atoms with van der Waals surface area (Å²) in [7, 11) is 3.34. The highest BCUT2D eigenvalue weighted by Crippen LogP contribution is 1.92. The lowest BCUT2D eigenvalue weighted by molar-refractivity contribution is 0.215. The second-order valence-electron chi connectivity index (χ2n) is 2.71. The summed E-state index contributed by atoms with van der Waals surface area (Å²) in [6.07, 6.45) is 0.717. The molecule has 0 saturated heterocycles. The molecule has 0 fully saturated rings. The maximum Gasteiger partial charge on any atom is 0.317 e. The van der Waals surface area contributed by atoms with Crippen molar-refractivity contribution in [3.63, 3.8) is 0 Å². The van der Waals surface area contributed by atoms with E-state index in [1.165, 1.54) is 4.90 Å². The lowest BCUT2D eigenvalue weighted by Gasteiger charge is -2.18. The minimum atomic E-state index is -0.199. The Labute approximate surface area is 78.1 Å². The van der Waals surface area contributed by atoms with Gasteiger partial charge in [0.1, 0.15) is 0 Å². The first-order valence-corrected chi connectivity index (χ1v) is 4.17. The predicted octanol–water partition coefficient (Wildman–Crippen LogP) is 0.322. The normalized spacial score (nSPS) is 11.9. The highest BCUT2D eigenvalue weighted by Gasteiger charge is 2.13. The molecule has 0 rings (SSSR count). The Morgan fingerprint density at radius 2 is 2.17 bits per heavy atom. The van der Waals surface area contributed by atoms with Crippen molar-refractivity contribution in [2.45, 2.75) is 19.4 Å². The Kier molecular flexibility index (Phi) is 4.58. The van der Waals surface area contributed by atoms with Crippen LogP contribution in [-0.2, 0) is 0 Å². The van der Waals surface area contributed by atoms with Crippen LogP contribution in [0.5, 0.6) is 0 Å². The van der Waals surface area contributed by atoms with Crippen molar-refractivity contribution in [3.8, 4) is 0 Å². The number of nitrogens with one attached hydrogen (secondary N) is 1. The van der Waals surface area contributed by atoms with Crippen molar-refractivity contribution in [2.24, 2.45) is 5.73 Å². The lowest BCUT2D eigenvalue weighted by Crippen LogP contribution is -2.46. The largest absolute Gasteiger partial charge is 0.392 e. The number of nitrogens with zero attached hydrogens (tertiary/aromatic N) is 1. The van der Waals surface area contributed by atoms with E-state index >= 15 is 0 Å². The zero-order valence-corrected chi connectivity index (χ0v) is 8.44. The molecule has 0 radical (unpaired) electrons. The molecule has 0 aliphatic rings. The van der Waals surface area contributed by atoms with E-state index in [0.717, 1.165) is 6.42 Å². The Morgan fingerprint density at radius 3 is 2.42 bits per heavy atom. The van der Waals surface area contributed by atoms with Crippen LogP contribution in [0.2, 0.25) is 0 Å². The van der Waals surface area contributed by atoms with Gasteiger partial charge >= 0.3 is 6.03 Å². The molecule has 0 aromatic heterocycles. The summed E-state index contributed by atoms with van der Waals surface area (Å²) in [5.74, 6) is 0. The Morgan fingerprint density at radius 1 is 1.67 bits per heavy atom. The molecule has 1 unspecified atom stereocenters. The van der Waals surface area contributed by atoms with E-state index in [-0.39, 0.29) is 12.1 Å². The van der Waals surface area contributed by atoms with Gasteiger partial charge in [-0.15, -0.1) is 0 Å². The number of hydrogen-bond acceptors (Lipinski definition) is 2. The van der Waals surface area contributed by atoms with Crippen molar-refractivity contribution in [3.05, 3.63) is 0 Å². The summed E-state index contributed by atoms with van der Waals surface area (Å²) >= 11 is 4.77. The molecule has 0 aromatic carbocycles. The molecule has 0 aliphatic carbocycles. The highest BCUT2D eigenvalue weighted by molar-refractivity contribution is 7.80. The highest BCUT2D eigenvalue weighted by atomic mass is 32.1. The van der Waals surface area contributed by atoms with Crippen LogP contribution in [0.15, 0.2) is 0 Å². The van der Waals surface area contributed by atoms with Gasteiger partial charge < -0.3 is 16.0 Å². The van der Waals surface area contributed by atoms with Gasteiger partial charge in [-0.05, 0) is 6.42 Å². The first kappa shape index (κ1) is 11.2. The maximum absolute atomic E-state index is 11.1. The van der Waals surface area contributed by atoms with Crippen LogP contribution in [-0.4, -0.2) is 36.1 Å². The molecule has 0 aliphatic heterocycles. The molecule has 1 atom stereocenters. The minimum absolute atomic E-state index is 0.172. The van der Waals surface area contributed by atoms with Gasteiger partial charge in [0.2, 0.25) is 0 Å². The summed E-state index contributed by atoms with van der Waals surface area (Å²) < 4.78 is 0. The summed E-state index contributed by atoms with van der Waals surface area (Å²) in [5, 5.41) is 2.69. The third-order valence-corrected chi connectivity index (χ3v) is 1.74. The van der Waals surface area contributed by atoms with Crippen LogP contribution in [0.4, 0.5) is 4.79 Å². The van der Waals surface area contributed by atoms with E-state index in [1.54, 1.807) is 14.1 Å². The Bertz CT molecular complexity index is 181. The third-order valence-electron chi connectivity index (χ3n) is 1.46. The molecule has 0 bridgehead atoms. The predicted molar refractivity (Wildman–Crippen MR) is 53.1 cm³/mol. The zero-order chi connectivity index (χ0) is 9.72. The molecule has 70 valence electrons. The fourth-order valence-corrected chi connectivity index (χ4v) is 0.878. The van der Waals surface area contributed by atoms with Crippen molar-refractivity contribution in [2.75, 3.05) is 14.1 Å². The molecular weight excluding hydrogens is 174 g/mol. The molecule has 0 spiro atoms. The number of amides is 2. The van der Waals surface area contributed by atoms with Crippen LogP contribution < -0.4 is 11.1 Å². The Hall–Kier alpha value is -0.840. The fraction of sp³-hybridized carbons (Fsp3) is 0.714. The second-order valence-corrected chi connectivity index (χ2v) is 3.18. The summed E-state index contributed by atoms with van der Waals surface area (Å²) in [6, 6.07) is -0.371. The average molecular weight is 189 g/mol. The van der Waals surface area contributed by atoms with E-state index in [0.29, 0.717) is 4.99 Å². The maximum atomic E-state index is 11.1. The average Bonchev–Trinajstić information content (AvgIpc) is 1.98. The van der Waals surface area contributed by atoms with Gasteiger partial charge in [-0.1, -0.05) is 19.1 Å². The van der Waals surface area contributed by atoms with Gasteiger partial charge in [0.25, 0.3) is 0 Å². The molecule has 0 heterocycles. The Balaban J connectivity index is 4.03. The van der Waals surface area contributed by atoms with Crippen LogP contribution in [0.1, 0.15) is 13.3 Å². The molecule has 5 heteroatoms. The lowest BCUT2D eigenvalue weighted by atomic mass is 10.2. The SMILES string of the molecule is CCC(NC(=O)N(C)C)C(N)=S. The summed E-state index contributed by atoms with van der Waals surface area (Å²) in [5.41, 5.74) is 5.39. The number of nitrogens with two attached hydrogens (primary N) is 1. The quantitative estimate of drug-likeness (QED) is 0.629. The molecule has 0 aromatic rings. The van der Waals surface area contributed by atoms with Gasteiger partial charge in [-0.2, -0.15) is 0 Å². The first-order chi connectivity index (χ1) is 5.49. The van der Waals surface area contributed by atoms with E-state index in [4.69, 9.17) is 18.0 Å². The zero-order valence-electron chi connectivity index (χ0n) is 7.63. The number of urea groups is 1. The summed E-state index contributed by atoms with van der Waals surface area (Å²) in [6.45, 7) is 1.92. The molecule has 2 amide bonds.